The molecular formula is C24H26N4O2. The number of hydrogen-bond acceptors (Lipinski definition) is 4. The molecule has 7 N–H and O–H groups in total. The van der Waals surface area contributed by atoms with Crippen LogP contribution in [-0.4, -0.2) is 16.9 Å². The molecule has 0 aliphatic heterocycles. The predicted octanol–water partition coefficient (Wildman–Crippen LogP) is 4.33. The van der Waals surface area contributed by atoms with Gasteiger partial charge < -0.3 is 21.9 Å². The van der Waals surface area contributed by atoms with Crippen LogP contribution in [0.4, 0.5) is 11.4 Å². The Hall–Kier alpha value is -3.80. The zero-order valence-corrected chi connectivity index (χ0v) is 17.1. The van der Waals surface area contributed by atoms with Crippen LogP contribution in [0, 0.1) is 12.3 Å². The fourth-order valence-corrected chi connectivity index (χ4v) is 3.59. The molecule has 0 heterocycles. The second-order valence-electron chi connectivity index (χ2n) is 7.39. The number of aryl methyl sites for hydroxylation is 1. The monoisotopic (exact) mass is 402 g/mol. The van der Waals surface area contributed by atoms with Gasteiger partial charge in [0.05, 0.1) is 0 Å². The molecule has 0 radical (unpaired) electrons. The van der Waals surface area contributed by atoms with Crippen molar-refractivity contribution in [1.29, 1.82) is 5.41 Å². The molecule has 30 heavy (non-hydrogen) atoms. The summed E-state index contributed by atoms with van der Waals surface area (Å²) in [6.07, 6.45) is 0.330. The Balaban J connectivity index is 2.09. The molecule has 3 aromatic rings. The van der Waals surface area contributed by atoms with E-state index in [4.69, 9.17) is 16.9 Å². The quantitative estimate of drug-likeness (QED) is 0.228. The second kappa shape index (κ2) is 8.29. The fraction of sp³-hybridized carbons (Fsp3) is 0.167. The van der Waals surface area contributed by atoms with Gasteiger partial charge in [-0.15, -0.1) is 0 Å². The molecule has 0 bridgehead atoms. The minimum atomic E-state index is -1.32. The summed E-state index contributed by atoms with van der Waals surface area (Å²) >= 11 is 0. The Morgan fingerprint density at radius 2 is 1.77 bits per heavy atom. The van der Waals surface area contributed by atoms with Crippen molar-refractivity contribution in [2.75, 3.05) is 11.1 Å². The maximum Gasteiger partial charge on any atom is 0.334 e. The third kappa shape index (κ3) is 4.12. The van der Waals surface area contributed by atoms with Crippen molar-refractivity contribution in [2.45, 2.75) is 25.8 Å². The summed E-state index contributed by atoms with van der Waals surface area (Å²) in [5.74, 6) is -1.00. The van der Waals surface area contributed by atoms with Crippen molar-refractivity contribution < 1.29 is 9.90 Å². The Morgan fingerprint density at radius 3 is 2.33 bits per heavy atom. The summed E-state index contributed by atoms with van der Waals surface area (Å²) in [4.78, 5) is 12.5. The van der Waals surface area contributed by atoms with Gasteiger partial charge in [0.25, 0.3) is 0 Å². The molecule has 6 heteroatoms. The van der Waals surface area contributed by atoms with Gasteiger partial charge in [-0.3, -0.25) is 5.41 Å². The molecule has 3 aromatic carbocycles. The van der Waals surface area contributed by atoms with Gasteiger partial charge in [-0.1, -0.05) is 36.8 Å². The van der Waals surface area contributed by atoms with E-state index < -0.39 is 11.5 Å². The SMILES string of the molecule is CCC(Nc1ccc(C(=N)N)cc1)(C(=O)O)c1cc(C)cc(-c2cccc(N)c2)c1. The van der Waals surface area contributed by atoms with Crippen molar-refractivity contribution in [2.24, 2.45) is 5.73 Å². The van der Waals surface area contributed by atoms with Crippen LogP contribution in [0.25, 0.3) is 11.1 Å². The molecule has 0 spiro atoms. The van der Waals surface area contributed by atoms with Gasteiger partial charge in [-0.2, -0.15) is 0 Å². The van der Waals surface area contributed by atoms with E-state index in [-0.39, 0.29) is 5.84 Å². The van der Waals surface area contributed by atoms with Gasteiger partial charge in [0.2, 0.25) is 0 Å². The highest BCUT2D eigenvalue weighted by atomic mass is 16.4. The normalized spacial score (nSPS) is 12.7. The summed E-state index contributed by atoms with van der Waals surface area (Å²) in [6, 6.07) is 20.2. The number of carboxylic acids is 1. The van der Waals surface area contributed by atoms with Crippen molar-refractivity contribution in [3.8, 4) is 11.1 Å². The Kier molecular flexibility index (Phi) is 5.78. The molecule has 0 saturated carbocycles. The summed E-state index contributed by atoms with van der Waals surface area (Å²) in [5.41, 5.74) is 15.5. The Bertz CT molecular complexity index is 1090. The molecule has 0 aromatic heterocycles. The highest BCUT2D eigenvalue weighted by Gasteiger charge is 2.39. The Labute approximate surface area is 176 Å². The third-order valence-corrected chi connectivity index (χ3v) is 5.24. The molecule has 0 aliphatic carbocycles. The van der Waals surface area contributed by atoms with Crippen LogP contribution in [0.3, 0.4) is 0 Å². The third-order valence-electron chi connectivity index (χ3n) is 5.24. The first-order valence-electron chi connectivity index (χ1n) is 9.69. The molecule has 1 unspecified atom stereocenters. The first-order valence-corrected chi connectivity index (χ1v) is 9.69. The van der Waals surface area contributed by atoms with E-state index in [9.17, 15) is 9.90 Å². The molecule has 0 amide bonds. The van der Waals surface area contributed by atoms with E-state index in [1.54, 1.807) is 24.3 Å². The predicted molar refractivity (Wildman–Crippen MR) is 122 cm³/mol. The standard InChI is InChI=1S/C24H26N4O2/c1-3-24(23(29)30,28-21-9-7-16(8-10-21)22(26)27)19-12-15(2)11-18(13-19)17-5-4-6-20(25)14-17/h4-14,28H,3,25H2,1-2H3,(H3,26,27)(H,29,30). The second-order valence-corrected chi connectivity index (χ2v) is 7.39. The zero-order chi connectivity index (χ0) is 21.9. The van der Waals surface area contributed by atoms with Gasteiger partial charge in [0.15, 0.2) is 5.54 Å². The van der Waals surface area contributed by atoms with Crippen LogP contribution in [0.1, 0.15) is 30.0 Å². The van der Waals surface area contributed by atoms with E-state index in [1.807, 2.05) is 56.3 Å². The number of benzene rings is 3. The van der Waals surface area contributed by atoms with Crippen molar-refractivity contribution in [1.82, 2.24) is 0 Å². The first-order chi connectivity index (χ1) is 14.2. The smallest absolute Gasteiger partial charge is 0.334 e. The van der Waals surface area contributed by atoms with Gasteiger partial charge in [0.1, 0.15) is 5.84 Å². The Morgan fingerprint density at radius 1 is 1.07 bits per heavy atom. The van der Waals surface area contributed by atoms with Crippen molar-refractivity contribution in [3.63, 3.8) is 0 Å². The van der Waals surface area contributed by atoms with Crippen LogP contribution in [0.15, 0.2) is 66.7 Å². The van der Waals surface area contributed by atoms with Gasteiger partial charge in [-0.25, -0.2) is 4.79 Å². The lowest BCUT2D eigenvalue weighted by molar-refractivity contribution is -0.142. The van der Waals surface area contributed by atoms with Crippen LogP contribution < -0.4 is 16.8 Å². The molecular weight excluding hydrogens is 376 g/mol. The minimum absolute atomic E-state index is 0.0352. The van der Waals surface area contributed by atoms with Gasteiger partial charge >= 0.3 is 5.97 Å². The first kappa shape index (κ1) is 20.9. The number of anilines is 2. The van der Waals surface area contributed by atoms with Gasteiger partial charge in [-0.05, 0) is 72.5 Å². The number of nitrogen functional groups attached to an aromatic ring is 2. The number of hydrogen-bond donors (Lipinski definition) is 5. The highest BCUT2D eigenvalue weighted by molar-refractivity contribution is 5.95. The number of carboxylic acid groups (broad SMARTS) is 1. The van der Waals surface area contributed by atoms with Crippen LogP contribution in [0.2, 0.25) is 0 Å². The number of nitrogens with one attached hydrogen (secondary N) is 2. The van der Waals surface area contributed by atoms with E-state index in [2.05, 4.69) is 5.32 Å². The average Bonchev–Trinajstić information content (AvgIpc) is 2.71. The topological polar surface area (TPSA) is 125 Å². The molecule has 1 atom stereocenters. The maximum absolute atomic E-state index is 12.5. The minimum Gasteiger partial charge on any atom is -0.479 e. The van der Waals surface area contributed by atoms with Crippen LogP contribution in [-0.2, 0) is 10.3 Å². The molecule has 0 saturated heterocycles. The lowest BCUT2D eigenvalue weighted by Gasteiger charge is -2.32. The van der Waals surface area contributed by atoms with E-state index in [0.717, 1.165) is 16.7 Å². The summed E-state index contributed by atoms with van der Waals surface area (Å²) < 4.78 is 0. The zero-order valence-electron chi connectivity index (χ0n) is 17.1. The highest BCUT2D eigenvalue weighted by Crippen LogP contribution is 2.34. The number of amidine groups is 1. The summed E-state index contributed by atoms with van der Waals surface area (Å²) in [7, 11) is 0. The lowest BCUT2D eigenvalue weighted by atomic mass is 9.84. The average molecular weight is 402 g/mol. The van der Waals surface area contributed by atoms with E-state index >= 15 is 0 Å². The number of rotatable bonds is 7. The summed E-state index contributed by atoms with van der Waals surface area (Å²) in [5, 5.41) is 21.0. The van der Waals surface area contributed by atoms with Crippen LogP contribution >= 0.6 is 0 Å². The lowest BCUT2D eigenvalue weighted by Crippen LogP contribution is -2.43. The van der Waals surface area contributed by atoms with E-state index in [1.165, 1.54) is 0 Å². The summed E-state index contributed by atoms with van der Waals surface area (Å²) in [6.45, 7) is 3.79. The van der Waals surface area contributed by atoms with Crippen molar-refractivity contribution in [3.05, 3.63) is 83.4 Å². The van der Waals surface area contributed by atoms with Crippen LogP contribution in [0.5, 0.6) is 0 Å². The number of carbonyl (C=O) groups is 1. The van der Waals surface area contributed by atoms with Gasteiger partial charge in [0, 0.05) is 16.9 Å². The molecule has 3 rings (SSSR count). The largest absolute Gasteiger partial charge is 0.479 e. The number of nitrogens with two attached hydrogens (primary N) is 2. The van der Waals surface area contributed by atoms with E-state index in [0.29, 0.717) is 28.9 Å². The fourth-order valence-electron chi connectivity index (χ4n) is 3.59. The molecule has 0 fully saturated rings. The number of aliphatic carboxylic acids is 1. The molecule has 6 nitrogen and oxygen atoms in total. The molecule has 0 aliphatic rings. The van der Waals surface area contributed by atoms with Crippen molar-refractivity contribution >= 4 is 23.2 Å². The maximum atomic E-state index is 12.5. The molecule has 154 valence electrons.